The summed E-state index contributed by atoms with van der Waals surface area (Å²) in [6, 6.07) is 13.8. The number of carbonyl (C=O) groups excluding carboxylic acids is 1. The van der Waals surface area contributed by atoms with E-state index in [0.29, 0.717) is 35.4 Å². The Kier molecular flexibility index (Phi) is 11.2. The van der Waals surface area contributed by atoms with Gasteiger partial charge in [-0.2, -0.15) is 18.3 Å². The molecule has 0 bridgehead atoms. The van der Waals surface area contributed by atoms with Crippen LogP contribution in [0, 0.1) is 16.6 Å². The van der Waals surface area contributed by atoms with E-state index >= 15 is 4.39 Å². The molecule has 4 atom stereocenters. The van der Waals surface area contributed by atoms with Crippen LogP contribution in [0.4, 0.5) is 34.9 Å². The quantitative estimate of drug-likeness (QED) is 0.114. The molecule has 12 nitrogen and oxygen atoms in total. The minimum atomic E-state index is -4.76. The molecule has 2 aliphatic carbocycles. The van der Waals surface area contributed by atoms with Crippen LogP contribution in [0.15, 0.2) is 66.0 Å². The molecular formula is C45H55F4N9O3S. The highest BCUT2D eigenvalue weighted by Crippen LogP contribution is 2.60. The number of carbonyl (C=O) groups is 1. The van der Waals surface area contributed by atoms with Crippen molar-refractivity contribution in [3.8, 4) is 11.3 Å². The number of hydrogen-bond acceptors (Lipinski definition) is 9. The first-order valence-corrected chi connectivity index (χ1v) is 22.9. The van der Waals surface area contributed by atoms with Crippen molar-refractivity contribution in [3.63, 3.8) is 0 Å². The molecule has 4 N–H and O–H groups in total. The van der Waals surface area contributed by atoms with Crippen LogP contribution in [-0.2, 0) is 28.5 Å². The minimum Gasteiger partial charge on any atom is -0.389 e. The van der Waals surface area contributed by atoms with E-state index < -0.39 is 39.8 Å². The van der Waals surface area contributed by atoms with Gasteiger partial charge in [0.25, 0.3) is 0 Å². The van der Waals surface area contributed by atoms with E-state index in [1.165, 1.54) is 59.7 Å². The number of benzene rings is 2. The van der Waals surface area contributed by atoms with Crippen LogP contribution in [0.5, 0.6) is 0 Å². The third-order valence-electron chi connectivity index (χ3n) is 14.0. The van der Waals surface area contributed by atoms with Gasteiger partial charge in [0.1, 0.15) is 22.4 Å². The van der Waals surface area contributed by atoms with Gasteiger partial charge in [0, 0.05) is 72.6 Å². The lowest BCUT2D eigenvalue weighted by Gasteiger charge is -2.55. The van der Waals surface area contributed by atoms with E-state index in [4.69, 9.17) is 0 Å². The predicted octanol–water partition coefficient (Wildman–Crippen LogP) is 7.31. The van der Waals surface area contributed by atoms with E-state index in [9.17, 15) is 27.3 Å². The molecule has 3 saturated heterocycles. The summed E-state index contributed by atoms with van der Waals surface area (Å²) in [6.07, 6.45) is 7.48. The van der Waals surface area contributed by atoms with Crippen LogP contribution < -0.4 is 20.3 Å². The molecule has 2 spiro atoms. The fourth-order valence-electron chi connectivity index (χ4n) is 10.5. The highest BCUT2D eigenvalue weighted by molar-refractivity contribution is 7.83. The molecule has 5 fully saturated rings. The van der Waals surface area contributed by atoms with Gasteiger partial charge in [-0.05, 0) is 127 Å². The summed E-state index contributed by atoms with van der Waals surface area (Å²) in [5, 5.41) is 20.0. The third-order valence-corrected chi connectivity index (χ3v) is 15.3. The molecule has 4 aromatic rings. The van der Waals surface area contributed by atoms with Crippen LogP contribution in [0.25, 0.3) is 11.3 Å². The number of nitrogens with one attached hydrogen (secondary N) is 3. The Morgan fingerprint density at radius 3 is 2.47 bits per heavy atom. The van der Waals surface area contributed by atoms with E-state index in [1.807, 2.05) is 0 Å². The van der Waals surface area contributed by atoms with Crippen molar-refractivity contribution < 1.29 is 31.7 Å². The van der Waals surface area contributed by atoms with Gasteiger partial charge in [-0.15, -0.1) is 0 Å². The molecule has 1 amide bonds. The number of amides is 1. The fourth-order valence-corrected chi connectivity index (χ4v) is 11.6. The summed E-state index contributed by atoms with van der Waals surface area (Å²) in [4.78, 5) is 25.2. The van der Waals surface area contributed by atoms with Crippen molar-refractivity contribution in [3.05, 3.63) is 78.0 Å². The zero-order valence-electron chi connectivity index (χ0n) is 35.3. The fraction of sp³-hybridized carbons (Fsp3) is 0.556. The number of halogens is 4. The van der Waals surface area contributed by atoms with Crippen LogP contribution in [0.1, 0.15) is 95.6 Å². The normalized spacial score (nSPS) is 26.9. The van der Waals surface area contributed by atoms with Gasteiger partial charge < -0.3 is 20.6 Å². The summed E-state index contributed by atoms with van der Waals surface area (Å²) < 4.78 is 75.2. The second-order valence-electron chi connectivity index (χ2n) is 19.2. The predicted molar refractivity (Wildman–Crippen MR) is 228 cm³/mol. The van der Waals surface area contributed by atoms with Crippen molar-refractivity contribution in [2.24, 2.45) is 10.8 Å². The second kappa shape index (κ2) is 16.3. The maximum absolute atomic E-state index is 15.4. The first-order chi connectivity index (χ1) is 29.4. The minimum absolute atomic E-state index is 0.0412. The molecule has 2 aromatic carbocycles. The van der Waals surface area contributed by atoms with Gasteiger partial charge in [-0.25, -0.2) is 23.3 Å². The van der Waals surface area contributed by atoms with Crippen molar-refractivity contribution in [2.75, 3.05) is 36.4 Å². The van der Waals surface area contributed by atoms with Gasteiger partial charge in [-0.1, -0.05) is 12.1 Å². The average Bonchev–Trinajstić information content (AvgIpc) is 3.71. The Bertz CT molecular complexity index is 2330. The maximum atomic E-state index is 15.4. The summed E-state index contributed by atoms with van der Waals surface area (Å²) in [6.45, 7) is 9.71. The first-order valence-electron chi connectivity index (χ1n) is 21.8. The number of anilines is 3. The largest absolute Gasteiger partial charge is 0.419 e. The van der Waals surface area contributed by atoms with Crippen LogP contribution in [0.2, 0.25) is 0 Å². The number of hydrogen-bond donors (Lipinski definition) is 4. The Morgan fingerprint density at radius 2 is 1.77 bits per heavy atom. The highest BCUT2D eigenvalue weighted by Gasteiger charge is 2.59. The standard InChI is InChI=1S/C45H55F4N9O3S/c1-28-34(8-10-39(59)52-28)29-5-4-6-32(19-29)57-26-43(27-57)15-17-56(18-16-43)38-21-44(38)13-11-31(12-14-44)55-62(61)33-7-9-37(36(46)20-33)53-41-50-23-35(45(47,48)49)40(54-41)30-22-51-58(24-30)25-42(2,3)60/h4-7,9,19-20,22-24,28,31,34,38,55,60H,8,10-18,21,25-27H2,1-3H3,(H,52,59)(H,50,53,54). The molecule has 0 radical (unpaired) electrons. The summed E-state index contributed by atoms with van der Waals surface area (Å²) in [7, 11) is -1.67. The second-order valence-corrected chi connectivity index (χ2v) is 20.4. The van der Waals surface area contributed by atoms with Crippen molar-refractivity contribution in [1.29, 1.82) is 0 Å². The molecule has 17 heteroatoms. The van der Waals surface area contributed by atoms with E-state index in [1.54, 1.807) is 13.8 Å². The highest BCUT2D eigenvalue weighted by atomic mass is 32.2. The smallest absolute Gasteiger partial charge is 0.389 e. The van der Waals surface area contributed by atoms with Gasteiger partial charge in [0.05, 0.1) is 34.6 Å². The van der Waals surface area contributed by atoms with Crippen molar-refractivity contribution in [1.82, 2.24) is 34.7 Å². The van der Waals surface area contributed by atoms with Crippen LogP contribution >= 0.6 is 0 Å². The molecule has 2 saturated carbocycles. The molecule has 9 rings (SSSR count). The Hall–Kier alpha value is -4.45. The zero-order valence-corrected chi connectivity index (χ0v) is 36.2. The van der Waals surface area contributed by atoms with Crippen LogP contribution in [-0.4, -0.2) is 89.8 Å². The number of aliphatic hydroxyl groups is 1. The summed E-state index contributed by atoms with van der Waals surface area (Å²) in [5.41, 5.74) is 0.597. The van der Waals surface area contributed by atoms with Gasteiger partial charge in [0.15, 0.2) is 0 Å². The average molecular weight is 878 g/mol. The van der Waals surface area contributed by atoms with Crippen molar-refractivity contribution in [2.45, 2.75) is 126 Å². The summed E-state index contributed by atoms with van der Waals surface area (Å²) >= 11 is 0. The number of aromatic nitrogens is 4. The van der Waals surface area contributed by atoms with E-state index in [2.05, 4.69) is 71.4 Å². The zero-order chi connectivity index (χ0) is 43.6. The lowest BCUT2D eigenvalue weighted by molar-refractivity contribution is -0.137. The lowest BCUT2D eigenvalue weighted by Crippen LogP contribution is -2.61. The molecule has 5 aliphatic rings. The molecule has 5 heterocycles. The number of alkyl halides is 3. The molecule has 62 heavy (non-hydrogen) atoms. The molecule has 2 aromatic heterocycles. The van der Waals surface area contributed by atoms with Crippen LogP contribution in [0.3, 0.4) is 0 Å². The summed E-state index contributed by atoms with van der Waals surface area (Å²) in [5.74, 6) is -0.510. The Balaban J connectivity index is 0.745. The SMILES string of the molecule is CC1NC(=O)CCC1c1cccc(N2CC3(CCN(C4CC45CCC(NS(=O)c4ccc(Nc6ncc(C(F)(F)F)c(-c7cnn(CC(C)(C)O)c7)n6)c(F)c4)CC5)CC3)C2)c1. The third kappa shape index (κ3) is 9.00. The van der Waals surface area contributed by atoms with Gasteiger partial charge >= 0.3 is 6.18 Å². The first kappa shape index (κ1) is 42.8. The topological polar surface area (TPSA) is 141 Å². The Morgan fingerprint density at radius 1 is 1.02 bits per heavy atom. The van der Waals surface area contributed by atoms with E-state index in [-0.39, 0.29) is 46.6 Å². The molecule has 332 valence electrons. The molecule has 4 unspecified atom stereocenters. The number of rotatable bonds is 11. The molecule has 3 aliphatic heterocycles. The number of nitrogens with zero attached hydrogens (tertiary/aromatic N) is 6. The van der Waals surface area contributed by atoms with E-state index in [0.717, 1.165) is 64.3 Å². The van der Waals surface area contributed by atoms with Crippen molar-refractivity contribution >= 4 is 34.2 Å². The van der Waals surface area contributed by atoms with Gasteiger partial charge in [-0.3, -0.25) is 14.4 Å². The Labute approximate surface area is 361 Å². The van der Waals surface area contributed by atoms with Gasteiger partial charge in [0.2, 0.25) is 11.9 Å². The number of likely N-dealkylation sites (tertiary alicyclic amines) is 1. The lowest BCUT2D eigenvalue weighted by atomic mass is 9.71. The monoisotopic (exact) mass is 877 g/mol. The number of piperidine rings is 2. The molecular weight excluding hydrogens is 823 g/mol. The maximum Gasteiger partial charge on any atom is 0.419 e.